The average molecular weight is 481 g/mol. The fourth-order valence-corrected chi connectivity index (χ4v) is 5.90. The Labute approximate surface area is 203 Å². The molecule has 1 amide bonds. The third-order valence-electron chi connectivity index (χ3n) is 6.57. The second-order valence-electron chi connectivity index (χ2n) is 9.65. The monoisotopic (exact) mass is 480 g/mol. The number of fused-ring (bicyclic) bond motifs is 2. The molecule has 1 saturated heterocycles. The van der Waals surface area contributed by atoms with Crippen molar-refractivity contribution in [2.75, 3.05) is 36.9 Å². The molecule has 5 rings (SSSR count). The summed E-state index contributed by atoms with van der Waals surface area (Å²) in [6.07, 6.45) is 2.44. The zero-order valence-corrected chi connectivity index (χ0v) is 20.5. The Morgan fingerprint density at radius 1 is 1.21 bits per heavy atom. The number of rotatable bonds is 3. The maximum absolute atomic E-state index is 13.0. The first kappa shape index (κ1) is 23.0. The number of aromatic nitrogens is 2. The Hall–Kier alpha value is -2.75. The third-order valence-corrected chi connectivity index (χ3v) is 7.68. The van der Waals surface area contributed by atoms with E-state index in [1.54, 1.807) is 0 Å². The summed E-state index contributed by atoms with van der Waals surface area (Å²) in [5.41, 5.74) is 16.2. The Morgan fingerprint density at radius 2 is 2.06 bits per heavy atom. The van der Waals surface area contributed by atoms with Crippen molar-refractivity contribution in [3.8, 4) is 0 Å². The highest BCUT2D eigenvalue weighted by Crippen LogP contribution is 2.33. The van der Waals surface area contributed by atoms with Crippen molar-refractivity contribution < 1.29 is 9.53 Å². The molecule has 1 aliphatic heterocycles. The smallest absolute Gasteiger partial charge is 0.263 e. The molecule has 34 heavy (non-hydrogen) atoms. The molecule has 0 aromatic carbocycles. The highest BCUT2D eigenvalue weighted by molar-refractivity contribution is 7.21. The standard InChI is InChI=1S/C25H32N6O2S/c1-14-10-31(11-17(26)13-33-12-14)21-8-4-16-9-18(5-7-20(16)30-21)29-24(32)23-22(27)19-6-3-15(2)28-25(19)34-23/h3-4,6,8,14,17-18H,5,7,9-13,26-27H2,1-2H3,(H,29,32)/t14?,17-,18+/m1/s1. The quantitative estimate of drug-likeness (QED) is 0.527. The predicted octanol–water partition coefficient (Wildman–Crippen LogP) is 2.67. The molecule has 1 fully saturated rings. The number of anilines is 2. The lowest BCUT2D eigenvalue weighted by molar-refractivity contribution is 0.0870. The third kappa shape index (κ3) is 4.73. The Kier molecular flexibility index (Phi) is 6.42. The zero-order valence-electron chi connectivity index (χ0n) is 19.7. The summed E-state index contributed by atoms with van der Waals surface area (Å²) < 4.78 is 5.66. The van der Waals surface area contributed by atoms with E-state index in [0.717, 1.165) is 66.4 Å². The van der Waals surface area contributed by atoms with Gasteiger partial charge < -0.3 is 26.4 Å². The summed E-state index contributed by atoms with van der Waals surface area (Å²) in [5.74, 6) is 1.28. The van der Waals surface area contributed by atoms with Gasteiger partial charge in [0.05, 0.1) is 18.9 Å². The van der Waals surface area contributed by atoms with E-state index < -0.39 is 0 Å². The van der Waals surface area contributed by atoms with Gasteiger partial charge in [0.15, 0.2) is 0 Å². The molecule has 0 saturated carbocycles. The molecule has 1 unspecified atom stereocenters. The van der Waals surface area contributed by atoms with Crippen LogP contribution in [0, 0.1) is 12.8 Å². The summed E-state index contributed by atoms with van der Waals surface area (Å²) in [6.45, 7) is 7.04. The van der Waals surface area contributed by atoms with Gasteiger partial charge >= 0.3 is 0 Å². The molecule has 8 nitrogen and oxygen atoms in total. The van der Waals surface area contributed by atoms with E-state index in [1.165, 1.54) is 16.9 Å². The number of amides is 1. The minimum absolute atomic E-state index is 0.0228. The Bertz CT molecular complexity index is 1200. The first-order chi connectivity index (χ1) is 16.4. The van der Waals surface area contributed by atoms with Crippen LogP contribution in [-0.4, -0.2) is 54.3 Å². The average Bonchev–Trinajstić information content (AvgIpc) is 3.12. The van der Waals surface area contributed by atoms with Crippen LogP contribution in [0.15, 0.2) is 24.3 Å². The minimum Gasteiger partial charge on any atom is -0.397 e. The minimum atomic E-state index is -0.123. The van der Waals surface area contributed by atoms with Crippen LogP contribution in [0.3, 0.4) is 0 Å². The Balaban J connectivity index is 1.28. The van der Waals surface area contributed by atoms with Crippen molar-refractivity contribution in [2.45, 2.75) is 45.2 Å². The first-order valence-electron chi connectivity index (χ1n) is 11.9. The normalized spacial score (nSPS) is 23.3. The SMILES string of the molecule is Cc1ccc2c(N)c(C(=O)N[C@H]3CCc4nc(N5CC(C)COC[C@H](N)C5)ccc4C3)sc2n1. The summed E-state index contributed by atoms with van der Waals surface area (Å²) in [5, 5.41) is 4.04. The van der Waals surface area contributed by atoms with Crippen LogP contribution in [0.4, 0.5) is 11.5 Å². The highest BCUT2D eigenvalue weighted by Gasteiger charge is 2.26. The summed E-state index contributed by atoms with van der Waals surface area (Å²) in [7, 11) is 0. The number of aryl methyl sites for hydroxylation is 2. The second-order valence-corrected chi connectivity index (χ2v) is 10.6. The van der Waals surface area contributed by atoms with Gasteiger partial charge in [0.2, 0.25) is 0 Å². The molecule has 2 aliphatic rings. The number of nitrogens with zero attached hydrogens (tertiary/aromatic N) is 3. The van der Waals surface area contributed by atoms with Crippen molar-refractivity contribution in [3.63, 3.8) is 0 Å². The van der Waals surface area contributed by atoms with Crippen molar-refractivity contribution >= 4 is 39.0 Å². The molecule has 0 spiro atoms. The van der Waals surface area contributed by atoms with Gasteiger partial charge in [-0.15, -0.1) is 11.3 Å². The number of pyridine rings is 2. The van der Waals surface area contributed by atoms with Crippen LogP contribution in [0.5, 0.6) is 0 Å². The molecule has 180 valence electrons. The molecule has 0 radical (unpaired) electrons. The number of nitrogens with two attached hydrogens (primary N) is 2. The van der Waals surface area contributed by atoms with Gasteiger partial charge in [0.25, 0.3) is 5.91 Å². The number of thiophene rings is 1. The topological polar surface area (TPSA) is 119 Å². The number of hydrogen-bond acceptors (Lipinski definition) is 8. The van der Waals surface area contributed by atoms with Gasteiger partial charge in [-0.3, -0.25) is 4.79 Å². The highest BCUT2D eigenvalue weighted by atomic mass is 32.1. The van der Waals surface area contributed by atoms with E-state index in [0.29, 0.717) is 23.1 Å². The van der Waals surface area contributed by atoms with Crippen molar-refractivity contribution in [3.05, 3.63) is 46.1 Å². The lowest BCUT2D eigenvalue weighted by atomic mass is 9.91. The molecule has 3 aromatic rings. The molecule has 3 atom stereocenters. The lowest BCUT2D eigenvalue weighted by Crippen LogP contribution is -2.46. The molecule has 3 aromatic heterocycles. The fraction of sp³-hybridized carbons (Fsp3) is 0.480. The maximum Gasteiger partial charge on any atom is 0.263 e. The van der Waals surface area contributed by atoms with Gasteiger partial charge in [-0.1, -0.05) is 13.0 Å². The van der Waals surface area contributed by atoms with Crippen molar-refractivity contribution in [1.82, 2.24) is 15.3 Å². The van der Waals surface area contributed by atoms with Crippen LogP contribution in [0.25, 0.3) is 10.2 Å². The predicted molar refractivity (Wildman–Crippen MR) is 136 cm³/mol. The van der Waals surface area contributed by atoms with E-state index in [9.17, 15) is 4.79 Å². The molecule has 5 N–H and O–H groups in total. The number of ether oxygens (including phenoxy) is 1. The Morgan fingerprint density at radius 3 is 2.91 bits per heavy atom. The van der Waals surface area contributed by atoms with Crippen molar-refractivity contribution in [1.29, 1.82) is 0 Å². The molecule has 4 heterocycles. The van der Waals surface area contributed by atoms with Gasteiger partial charge in [-0.25, -0.2) is 9.97 Å². The van der Waals surface area contributed by atoms with Gasteiger partial charge in [0.1, 0.15) is 15.5 Å². The molecule has 9 heteroatoms. The largest absolute Gasteiger partial charge is 0.397 e. The van der Waals surface area contributed by atoms with E-state index >= 15 is 0 Å². The van der Waals surface area contributed by atoms with Crippen LogP contribution < -0.4 is 21.7 Å². The van der Waals surface area contributed by atoms with Gasteiger partial charge in [0, 0.05) is 41.9 Å². The van der Waals surface area contributed by atoms with E-state index in [2.05, 4.69) is 34.3 Å². The number of carbonyl (C=O) groups excluding carboxylic acids is 1. The molecular formula is C25H32N6O2S. The first-order valence-corrected chi connectivity index (χ1v) is 12.7. The summed E-state index contributed by atoms with van der Waals surface area (Å²) in [6, 6.07) is 8.13. The molecular weight excluding hydrogens is 448 g/mol. The summed E-state index contributed by atoms with van der Waals surface area (Å²) in [4.78, 5) is 26.2. The van der Waals surface area contributed by atoms with Crippen molar-refractivity contribution in [2.24, 2.45) is 11.7 Å². The van der Waals surface area contributed by atoms with E-state index in [1.807, 2.05) is 19.1 Å². The molecule has 0 bridgehead atoms. The van der Waals surface area contributed by atoms with E-state index in [4.69, 9.17) is 21.2 Å². The van der Waals surface area contributed by atoms with Gasteiger partial charge in [-0.2, -0.15) is 0 Å². The number of nitrogen functional groups attached to an aromatic ring is 1. The number of nitrogens with one attached hydrogen (secondary N) is 1. The molecule has 1 aliphatic carbocycles. The zero-order chi connectivity index (χ0) is 23.8. The number of carbonyl (C=O) groups is 1. The van der Waals surface area contributed by atoms with Crippen LogP contribution in [0.2, 0.25) is 0 Å². The van der Waals surface area contributed by atoms with Crippen LogP contribution in [0.1, 0.15) is 40.0 Å². The van der Waals surface area contributed by atoms with Crippen LogP contribution in [-0.2, 0) is 17.6 Å². The second kappa shape index (κ2) is 9.48. The fourth-order valence-electron chi connectivity index (χ4n) is 4.85. The lowest BCUT2D eigenvalue weighted by Gasteiger charge is -2.33. The number of hydrogen-bond donors (Lipinski definition) is 3. The van der Waals surface area contributed by atoms with Crippen LogP contribution >= 0.6 is 11.3 Å². The maximum atomic E-state index is 13.0. The van der Waals surface area contributed by atoms with Gasteiger partial charge in [-0.05, 0) is 55.9 Å². The summed E-state index contributed by atoms with van der Waals surface area (Å²) >= 11 is 1.36. The van der Waals surface area contributed by atoms with E-state index in [-0.39, 0.29) is 18.0 Å².